The minimum absolute atomic E-state index is 0.226. The number of carbonyl (C=O) groups excluding carboxylic acids is 1. The highest BCUT2D eigenvalue weighted by Crippen LogP contribution is 2.24. The van der Waals surface area contributed by atoms with E-state index in [1.165, 1.54) is 0 Å². The zero-order valence-electron chi connectivity index (χ0n) is 18.7. The number of aromatic nitrogens is 5. The van der Waals surface area contributed by atoms with Crippen molar-refractivity contribution in [3.05, 3.63) is 108 Å². The molecule has 168 valence electrons. The summed E-state index contributed by atoms with van der Waals surface area (Å²) in [6.45, 7) is 3.69. The average Bonchev–Trinajstić information content (AvgIpc) is 3.51. The van der Waals surface area contributed by atoms with Crippen LogP contribution in [-0.4, -0.2) is 30.2 Å². The molecule has 0 aliphatic carbocycles. The SMILES string of the molecule is Cc1nc(Oc2ccc(NC(=O)c3cnn(-c4ccccc4)c3C)cc2)cc(-n2cccc2)n1. The van der Waals surface area contributed by atoms with Crippen LogP contribution < -0.4 is 10.1 Å². The van der Waals surface area contributed by atoms with Crippen molar-refractivity contribution >= 4 is 11.6 Å². The van der Waals surface area contributed by atoms with Gasteiger partial charge in [-0.25, -0.2) is 9.67 Å². The Bertz CT molecular complexity index is 1420. The smallest absolute Gasteiger partial charge is 0.259 e. The molecular weight excluding hydrogens is 428 g/mol. The number of nitrogens with zero attached hydrogens (tertiary/aromatic N) is 5. The van der Waals surface area contributed by atoms with Crippen molar-refractivity contribution in [1.29, 1.82) is 0 Å². The quantitative estimate of drug-likeness (QED) is 0.388. The first-order valence-corrected chi connectivity index (χ1v) is 10.8. The maximum atomic E-state index is 12.8. The lowest BCUT2D eigenvalue weighted by Gasteiger charge is -2.10. The van der Waals surface area contributed by atoms with E-state index < -0.39 is 0 Å². The largest absolute Gasteiger partial charge is 0.439 e. The van der Waals surface area contributed by atoms with Crippen LogP contribution in [0, 0.1) is 13.8 Å². The van der Waals surface area contributed by atoms with Gasteiger partial charge in [-0.2, -0.15) is 10.1 Å². The molecule has 5 rings (SSSR count). The van der Waals surface area contributed by atoms with Gasteiger partial charge in [0, 0.05) is 24.1 Å². The Kier molecular flexibility index (Phi) is 5.61. The van der Waals surface area contributed by atoms with Crippen molar-refractivity contribution in [1.82, 2.24) is 24.3 Å². The van der Waals surface area contributed by atoms with E-state index in [9.17, 15) is 4.79 Å². The molecule has 1 N–H and O–H groups in total. The Balaban J connectivity index is 1.28. The van der Waals surface area contributed by atoms with Crippen LogP contribution in [0.4, 0.5) is 5.69 Å². The first-order chi connectivity index (χ1) is 16.6. The van der Waals surface area contributed by atoms with Crippen LogP contribution in [0.2, 0.25) is 0 Å². The Morgan fingerprint density at radius 1 is 0.912 bits per heavy atom. The lowest BCUT2D eigenvalue weighted by molar-refractivity contribution is 0.102. The molecule has 2 aromatic carbocycles. The van der Waals surface area contributed by atoms with Gasteiger partial charge in [0.1, 0.15) is 17.4 Å². The van der Waals surface area contributed by atoms with Gasteiger partial charge in [-0.1, -0.05) is 18.2 Å². The van der Waals surface area contributed by atoms with Crippen LogP contribution in [0.25, 0.3) is 11.5 Å². The number of nitrogens with one attached hydrogen (secondary N) is 1. The Labute approximate surface area is 196 Å². The first-order valence-electron chi connectivity index (χ1n) is 10.8. The number of anilines is 1. The van der Waals surface area contributed by atoms with E-state index in [-0.39, 0.29) is 5.91 Å². The van der Waals surface area contributed by atoms with E-state index in [1.54, 1.807) is 41.2 Å². The van der Waals surface area contributed by atoms with Crippen molar-refractivity contribution in [2.75, 3.05) is 5.32 Å². The predicted molar refractivity (Wildman–Crippen MR) is 129 cm³/mol. The van der Waals surface area contributed by atoms with Crippen molar-refractivity contribution in [3.8, 4) is 23.1 Å². The zero-order valence-corrected chi connectivity index (χ0v) is 18.7. The van der Waals surface area contributed by atoms with Crippen LogP contribution in [-0.2, 0) is 0 Å². The third kappa shape index (κ3) is 4.42. The molecule has 0 radical (unpaired) electrons. The summed E-state index contributed by atoms with van der Waals surface area (Å²) in [5.74, 6) is 2.15. The number of hydrogen-bond acceptors (Lipinski definition) is 5. The van der Waals surface area contributed by atoms with E-state index in [0.29, 0.717) is 28.7 Å². The molecule has 8 heteroatoms. The van der Waals surface area contributed by atoms with Crippen LogP contribution in [0.1, 0.15) is 21.9 Å². The van der Waals surface area contributed by atoms with Gasteiger partial charge in [0.05, 0.1) is 23.1 Å². The normalized spacial score (nSPS) is 10.8. The van der Waals surface area contributed by atoms with Crippen molar-refractivity contribution < 1.29 is 9.53 Å². The van der Waals surface area contributed by atoms with Crippen LogP contribution >= 0.6 is 0 Å². The summed E-state index contributed by atoms with van der Waals surface area (Å²) >= 11 is 0. The molecule has 0 saturated carbocycles. The number of hydrogen-bond donors (Lipinski definition) is 1. The van der Waals surface area contributed by atoms with Crippen LogP contribution in [0.5, 0.6) is 11.6 Å². The second kappa shape index (κ2) is 9.03. The molecule has 3 heterocycles. The summed E-state index contributed by atoms with van der Waals surface area (Å²) in [7, 11) is 0. The lowest BCUT2D eigenvalue weighted by atomic mass is 10.2. The first kappa shape index (κ1) is 21.1. The van der Waals surface area contributed by atoms with Gasteiger partial charge in [-0.15, -0.1) is 0 Å². The molecule has 5 aromatic rings. The second-order valence-corrected chi connectivity index (χ2v) is 7.67. The number of carbonyl (C=O) groups is 1. The van der Waals surface area contributed by atoms with Gasteiger partial charge in [-0.05, 0) is 62.4 Å². The van der Waals surface area contributed by atoms with E-state index in [1.807, 2.05) is 73.3 Å². The molecule has 0 atom stereocenters. The maximum absolute atomic E-state index is 12.8. The number of para-hydroxylation sites is 1. The monoisotopic (exact) mass is 450 g/mol. The molecule has 0 saturated heterocycles. The van der Waals surface area contributed by atoms with Gasteiger partial charge in [-0.3, -0.25) is 4.79 Å². The predicted octanol–water partition coefficient (Wildman–Crippen LogP) is 5.11. The number of ether oxygens (including phenoxy) is 1. The van der Waals surface area contributed by atoms with Crippen molar-refractivity contribution in [2.45, 2.75) is 13.8 Å². The van der Waals surface area contributed by atoms with E-state index in [2.05, 4.69) is 20.4 Å². The lowest BCUT2D eigenvalue weighted by Crippen LogP contribution is -2.13. The molecule has 34 heavy (non-hydrogen) atoms. The van der Waals surface area contributed by atoms with Crippen molar-refractivity contribution in [2.24, 2.45) is 0 Å². The fourth-order valence-corrected chi connectivity index (χ4v) is 3.58. The summed E-state index contributed by atoms with van der Waals surface area (Å²) in [5.41, 5.74) is 2.83. The fourth-order valence-electron chi connectivity index (χ4n) is 3.58. The molecule has 0 spiro atoms. The van der Waals surface area contributed by atoms with E-state index in [4.69, 9.17) is 4.74 Å². The van der Waals surface area contributed by atoms with Gasteiger partial charge >= 0.3 is 0 Å². The standard InChI is InChI=1S/C26H22N6O2/c1-18-23(17-27-32(18)21-8-4-3-5-9-21)26(33)30-20-10-12-22(13-11-20)34-25-16-24(28-19(2)29-25)31-14-6-7-15-31/h3-17H,1-2H3,(H,30,33). The van der Waals surface area contributed by atoms with E-state index >= 15 is 0 Å². The third-order valence-electron chi connectivity index (χ3n) is 5.26. The third-order valence-corrected chi connectivity index (χ3v) is 5.26. The average molecular weight is 451 g/mol. The number of aryl methyl sites for hydroxylation is 1. The van der Waals surface area contributed by atoms with Crippen LogP contribution in [0.15, 0.2) is 91.4 Å². The summed E-state index contributed by atoms with van der Waals surface area (Å²) in [6.07, 6.45) is 5.40. The van der Waals surface area contributed by atoms with Crippen LogP contribution in [0.3, 0.4) is 0 Å². The van der Waals surface area contributed by atoms with Gasteiger partial charge in [0.15, 0.2) is 0 Å². The summed E-state index contributed by atoms with van der Waals surface area (Å²) in [6, 6.07) is 22.5. The van der Waals surface area contributed by atoms with Gasteiger partial charge in [0.2, 0.25) is 5.88 Å². The molecule has 0 aliphatic heterocycles. The maximum Gasteiger partial charge on any atom is 0.259 e. The summed E-state index contributed by atoms with van der Waals surface area (Å²) < 4.78 is 9.56. The molecule has 3 aromatic heterocycles. The minimum atomic E-state index is -0.226. The molecular formula is C26H22N6O2. The zero-order chi connectivity index (χ0) is 23.5. The Hall–Kier alpha value is -4.72. The van der Waals surface area contributed by atoms with Crippen molar-refractivity contribution in [3.63, 3.8) is 0 Å². The molecule has 1 amide bonds. The topological polar surface area (TPSA) is 86.9 Å². The minimum Gasteiger partial charge on any atom is -0.439 e. The van der Waals surface area contributed by atoms with Gasteiger partial charge < -0.3 is 14.6 Å². The number of amides is 1. The number of benzene rings is 2. The number of rotatable bonds is 6. The Morgan fingerprint density at radius 3 is 2.38 bits per heavy atom. The molecule has 0 fully saturated rings. The fraction of sp³-hybridized carbons (Fsp3) is 0.0769. The molecule has 0 unspecified atom stereocenters. The molecule has 8 nitrogen and oxygen atoms in total. The highest BCUT2D eigenvalue weighted by Gasteiger charge is 2.15. The second-order valence-electron chi connectivity index (χ2n) is 7.67. The Morgan fingerprint density at radius 2 is 1.65 bits per heavy atom. The highest BCUT2D eigenvalue weighted by atomic mass is 16.5. The van der Waals surface area contributed by atoms with E-state index in [0.717, 1.165) is 17.2 Å². The summed E-state index contributed by atoms with van der Waals surface area (Å²) in [5, 5.41) is 7.28. The summed E-state index contributed by atoms with van der Waals surface area (Å²) in [4.78, 5) is 21.6. The highest BCUT2D eigenvalue weighted by molar-refractivity contribution is 6.05. The molecule has 0 aliphatic rings. The molecule has 0 bridgehead atoms. The van der Waals surface area contributed by atoms with Gasteiger partial charge in [0.25, 0.3) is 5.91 Å².